The first-order chi connectivity index (χ1) is 9.76. The van der Waals surface area contributed by atoms with E-state index in [2.05, 4.69) is 18.3 Å². The molecule has 0 aromatic heterocycles. The van der Waals surface area contributed by atoms with E-state index in [1.807, 2.05) is 37.4 Å². The molecule has 2 aromatic carbocycles. The number of fused-ring (bicyclic) bond motifs is 1. The number of ether oxygens (including phenoxy) is 3. The molecule has 20 heavy (non-hydrogen) atoms. The Morgan fingerprint density at radius 3 is 2.80 bits per heavy atom. The Kier molecular flexibility index (Phi) is 3.48. The van der Waals surface area contributed by atoms with Gasteiger partial charge in [-0.2, -0.15) is 0 Å². The Morgan fingerprint density at radius 1 is 1.10 bits per heavy atom. The Hall–Kier alpha value is -2.20. The Bertz CT molecular complexity index is 625. The van der Waals surface area contributed by atoms with Crippen molar-refractivity contribution in [2.24, 2.45) is 0 Å². The van der Waals surface area contributed by atoms with Crippen molar-refractivity contribution in [3.05, 3.63) is 47.5 Å². The highest BCUT2D eigenvalue weighted by atomic mass is 16.7. The lowest BCUT2D eigenvalue weighted by atomic mass is 10.1. The van der Waals surface area contributed by atoms with E-state index in [1.54, 1.807) is 0 Å². The molecule has 0 spiro atoms. The van der Waals surface area contributed by atoms with Crippen LogP contribution in [0, 0.1) is 6.92 Å². The summed E-state index contributed by atoms with van der Waals surface area (Å²) in [4.78, 5) is 0. The summed E-state index contributed by atoms with van der Waals surface area (Å²) in [5, 5.41) is 3.15. The van der Waals surface area contributed by atoms with Gasteiger partial charge in [0.05, 0.1) is 0 Å². The summed E-state index contributed by atoms with van der Waals surface area (Å²) in [5.41, 5.74) is 2.35. The third-order valence-electron chi connectivity index (χ3n) is 3.16. The minimum absolute atomic E-state index is 0.272. The molecule has 1 N–H and O–H groups in total. The SMILES string of the molecule is CNCc1cc(C)ccc1Oc1ccc2c(c1)OCO2. The van der Waals surface area contributed by atoms with Gasteiger partial charge in [-0.05, 0) is 32.2 Å². The van der Waals surface area contributed by atoms with Crippen LogP contribution in [0.25, 0.3) is 0 Å². The van der Waals surface area contributed by atoms with E-state index in [9.17, 15) is 0 Å². The fourth-order valence-corrected chi connectivity index (χ4v) is 2.20. The Balaban J connectivity index is 1.87. The third-order valence-corrected chi connectivity index (χ3v) is 3.16. The van der Waals surface area contributed by atoms with Gasteiger partial charge in [-0.25, -0.2) is 0 Å². The summed E-state index contributed by atoms with van der Waals surface area (Å²) in [7, 11) is 1.92. The molecule has 0 radical (unpaired) electrons. The summed E-state index contributed by atoms with van der Waals surface area (Å²) in [6.07, 6.45) is 0. The van der Waals surface area contributed by atoms with E-state index in [0.717, 1.165) is 35.1 Å². The quantitative estimate of drug-likeness (QED) is 0.926. The van der Waals surface area contributed by atoms with Crippen molar-refractivity contribution >= 4 is 0 Å². The highest BCUT2D eigenvalue weighted by Crippen LogP contribution is 2.37. The molecule has 0 amide bonds. The summed E-state index contributed by atoms with van der Waals surface area (Å²) in [6.45, 7) is 3.11. The molecule has 1 aliphatic rings. The molecule has 4 nitrogen and oxygen atoms in total. The second kappa shape index (κ2) is 5.43. The van der Waals surface area contributed by atoms with E-state index >= 15 is 0 Å². The van der Waals surface area contributed by atoms with Gasteiger partial charge in [0, 0.05) is 18.2 Å². The second-order valence-electron chi connectivity index (χ2n) is 4.76. The fraction of sp³-hybridized carbons (Fsp3) is 0.250. The average Bonchev–Trinajstić information content (AvgIpc) is 2.89. The number of rotatable bonds is 4. The Morgan fingerprint density at radius 2 is 1.95 bits per heavy atom. The standard InChI is InChI=1S/C16H17NO3/c1-11-3-5-14(12(7-11)9-17-2)20-13-4-6-15-16(8-13)19-10-18-15/h3-8,17H,9-10H2,1-2H3. The van der Waals surface area contributed by atoms with Gasteiger partial charge in [0.2, 0.25) is 6.79 Å². The van der Waals surface area contributed by atoms with Crippen LogP contribution in [0.1, 0.15) is 11.1 Å². The molecule has 0 unspecified atom stereocenters. The van der Waals surface area contributed by atoms with Crippen LogP contribution in [-0.2, 0) is 6.54 Å². The van der Waals surface area contributed by atoms with E-state index in [4.69, 9.17) is 14.2 Å². The highest BCUT2D eigenvalue weighted by Gasteiger charge is 2.14. The van der Waals surface area contributed by atoms with Crippen LogP contribution in [0.15, 0.2) is 36.4 Å². The fourth-order valence-electron chi connectivity index (χ4n) is 2.20. The number of aryl methyl sites for hydroxylation is 1. The van der Waals surface area contributed by atoms with E-state index in [0.29, 0.717) is 0 Å². The first-order valence-electron chi connectivity index (χ1n) is 6.58. The van der Waals surface area contributed by atoms with Gasteiger partial charge in [-0.3, -0.25) is 0 Å². The molecule has 3 rings (SSSR count). The number of hydrogen-bond donors (Lipinski definition) is 1. The summed E-state index contributed by atoms with van der Waals surface area (Å²) in [5.74, 6) is 3.08. The Labute approximate surface area is 118 Å². The van der Waals surface area contributed by atoms with Gasteiger partial charge in [-0.15, -0.1) is 0 Å². The van der Waals surface area contributed by atoms with Crippen molar-refractivity contribution in [2.45, 2.75) is 13.5 Å². The van der Waals surface area contributed by atoms with Gasteiger partial charge in [0.1, 0.15) is 11.5 Å². The monoisotopic (exact) mass is 271 g/mol. The maximum atomic E-state index is 5.97. The lowest BCUT2D eigenvalue weighted by Gasteiger charge is -2.12. The second-order valence-corrected chi connectivity index (χ2v) is 4.76. The molecule has 0 fully saturated rings. The number of benzene rings is 2. The zero-order valence-corrected chi connectivity index (χ0v) is 11.6. The highest BCUT2D eigenvalue weighted by molar-refractivity contribution is 5.49. The van der Waals surface area contributed by atoms with Gasteiger partial charge in [-0.1, -0.05) is 17.7 Å². The van der Waals surface area contributed by atoms with Crippen LogP contribution < -0.4 is 19.5 Å². The third kappa shape index (κ3) is 2.56. The van der Waals surface area contributed by atoms with Gasteiger partial charge < -0.3 is 19.5 Å². The van der Waals surface area contributed by atoms with E-state index in [1.165, 1.54) is 5.56 Å². The molecular weight excluding hydrogens is 254 g/mol. The van der Waals surface area contributed by atoms with Crippen LogP contribution in [0.4, 0.5) is 0 Å². The molecule has 2 aromatic rings. The first-order valence-corrected chi connectivity index (χ1v) is 6.58. The molecule has 0 bridgehead atoms. The maximum absolute atomic E-state index is 5.97. The van der Waals surface area contributed by atoms with Crippen LogP contribution in [0.3, 0.4) is 0 Å². The molecule has 4 heteroatoms. The zero-order chi connectivity index (χ0) is 13.9. The largest absolute Gasteiger partial charge is 0.457 e. The molecule has 0 aliphatic carbocycles. The normalized spacial score (nSPS) is 12.5. The van der Waals surface area contributed by atoms with Crippen molar-refractivity contribution in [3.63, 3.8) is 0 Å². The lowest BCUT2D eigenvalue weighted by Crippen LogP contribution is -2.06. The van der Waals surface area contributed by atoms with Crippen molar-refractivity contribution in [1.82, 2.24) is 5.32 Å². The predicted octanol–water partition coefficient (Wildman–Crippen LogP) is 3.24. The van der Waals surface area contributed by atoms with Crippen LogP contribution in [-0.4, -0.2) is 13.8 Å². The maximum Gasteiger partial charge on any atom is 0.231 e. The number of nitrogens with one attached hydrogen (secondary N) is 1. The molecule has 0 atom stereocenters. The van der Waals surface area contributed by atoms with Gasteiger partial charge in [0.25, 0.3) is 0 Å². The van der Waals surface area contributed by atoms with Crippen molar-refractivity contribution in [2.75, 3.05) is 13.8 Å². The van der Waals surface area contributed by atoms with Gasteiger partial charge >= 0.3 is 0 Å². The van der Waals surface area contributed by atoms with Crippen molar-refractivity contribution < 1.29 is 14.2 Å². The van der Waals surface area contributed by atoms with Crippen LogP contribution in [0.5, 0.6) is 23.0 Å². The predicted molar refractivity (Wildman–Crippen MR) is 76.6 cm³/mol. The number of hydrogen-bond acceptors (Lipinski definition) is 4. The molecule has 0 saturated carbocycles. The minimum atomic E-state index is 0.272. The smallest absolute Gasteiger partial charge is 0.231 e. The summed E-state index contributed by atoms with van der Waals surface area (Å²) in [6, 6.07) is 11.8. The minimum Gasteiger partial charge on any atom is -0.457 e. The molecule has 1 heterocycles. The molecule has 104 valence electrons. The molecule has 0 saturated heterocycles. The summed E-state index contributed by atoms with van der Waals surface area (Å²) < 4.78 is 16.6. The topological polar surface area (TPSA) is 39.7 Å². The summed E-state index contributed by atoms with van der Waals surface area (Å²) >= 11 is 0. The average molecular weight is 271 g/mol. The first kappa shape index (κ1) is 12.8. The van der Waals surface area contributed by atoms with Crippen molar-refractivity contribution in [3.8, 4) is 23.0 Å². The zero-order valence-electron chi connectivity index (χ0n) is 11.6. The molecular formula is C16H17NO3. The van der Waals surface area contributed by atoms with Crippen molar-refractivity contribution in [1.29, 1.82) is 0 Å². The van der Waals surface area contributed by atoms with E-state index in [-0.39, 0.29) is 6.79 Å². The van der Waals surface area contributed by atoms with Gasteiger partial charge in [0.15, 0.2) is 11.5 Å². The van der Waals surface area contributed by atoms with Crippen LogP contribution >= 0.6 is 0 Å². The van der Waals surface area contributed by atoms with E-state index < -0.39 is 0 Å². The van der Waals surface area contributed by atoms with Crippen LogP contribution in [0.2, 0.25) is 0 Å². The lowest BCUT2D eigenvalue weighted by molar-refractivity contribution is 0.174. The molecule has 1 aliphatic heterocycles.